The number of aliphatic hydroxyl groups is 1. The van der Waals surface area contributed by atoms with Gasteiger partial charge in [0.1, 0.15) is 5.82 Å². The first kappa shape index (κ1) is 8.01. The lowest BCUT2D eigenvalue weighted by atomic mass is 10.1. The summed E-state index contributed by atoms with van der Waals surface area (Å²) in [6.07, 6.45) is 0.276. The summed E-state index contributed by atoms with van der Waals surface area (Å²) in [4.78, 5) is 0. The van der Waals surface area contributed by atoms with Gasteiger partial charge in [0.05, 0.1) is 0 Å². The lowest BCUT2D eigenvalue weighted by Crippen LogP contribution is -2.00. The van der Waals surface area contributed by atoms with Crippen LogP contribution < -0.4 is 5.73 Å². The Kier molecular flexibility index (Phi) is 2.44. The molecule has 0 aromatic heterocycles. The molecule has 0 aliphatic carbocycles. The zero-order chi connectivity index (χ0) is 8.27. The van der Waals surface area contributed by atoms with Crippen LogP contribution in [0.25, 0.3) is 0 Å². The third kappa shape index (κ3) is 1.68. The van der Waals surface area contributed by atoms with E-state index in [9.17, 15) is 4.39 Å². The second-order valence-corrected chi connectivity index (χ2v) is 2.28. The molecule has 0 amide bonds. The fourth-order valence-electron chi connectivity index (χ4n) is 0.951. The minimum absolute atomic E-state index is 0.0782. The molecule has 3 heteroatoms. The van der Waals surface area contributed by atoms with E-state index in [4.69, 9.17) is 10.8 Å². The van der Waals surface area contributed by atoms with Crippen molar-refractivity contribution in [2.75, 3.05) is 12.3 Å². The summed E-state index contributed by atoms with van der Waals surface area (Å²) in [6.45, 7) is -0.0782. The standard InChI is InChI=1S/C8H10FNO/c9-7-2-1-3-8(10)6(7)4-5-11/h1-3,11H,4-5,10H2. The molecule has 0 aliphatic heterocycles. The Morgan fingerprint density at radius 1 is 1.45 bits per heavy atom. The Bertz CT molecular complexity index is 230. The third-order valence-electron chi connectivity index (χ3n) is 1.52. The topological polar surface area (TPSA) is 46.2 Å². The van der Waals surface area contributed by atoms with E-state index in [1.54, 1.807) is 12.1 Å². The van der Waals surface area contributed by atoms with Crippen LogP contribution in [-0.2, 0) is 6.42 Å². The minimum Gasteiger partial charge on any atom is -0.398 e. The van der Waals surface area contributed by atoms with E-state index in [1.165, 1.54) is 6.07 Å². The maximum absolute atomic E-state index is 12.8. The van der Waals surface area contributed by atoms with Gasteiger partial charge in [-0.05, 0) is 12.1 Å². The highest BCUT2D eigenvalue weighted by molar-refractivity contribution is 5.47. The van der Waals surface area contributed by atoms with E-state index in [-0.39, 0.29) is 18.8 Å². The molecule has 0 unspecified atom stereocenters. The average Bonchev–Trinajstić information content (AvgIpc) is 1.97. The molecule has 0 saturated carbocycles. The molecule has 0 saturated heterocycles. The van der Waals surface area contributed by atoms with Gasteiger partial charge in [-0.3, -0.25) is 0 Å². The van der Waals surface area contributed by atoms with E-state index in [0.717, 1.165) is 0 Å². The fraction of sp³-hybridized carbons (Fsp3) is 0.250. The first-order chi connectivity index (χ1) is 5.25. The normalized spacial score (nSPS) is 10.0. The quantitative estimate of drug-likeness (QED) is 0.624. The van der Waals surface area contributed by atoms with Crippen molar-refractivity contribution in [2.45, 2.75) is 6.42 Å². The van der Waals surface area contributed by atoms with Crippen LogP contribution in [0.4, 0.5) is 10.1 Å². The number of nitrogen functional groups attached to an aromatic ring is 1. The largest absolute Gasteiger partial charge is 0.398 e. The van der Waals surface area contributed by atoms with Crippen molar-refractivity contribution in [3.05, 3.63) is 29.6 Å². The third-order valence-corrected chi connectivity index (χ3v) is 1.52. The molecule has 60 valence electrons. The molecule has 0 bridgehead atoms. The summed E-state index contributed by atoms with van der Waals surface area (Å²) in [5.41, 5.74) is 6.26. The molecule has 11 heavy (non-hydrogen) atoms. The highest BCUT2D eigenvalue weighted by Crippen LogP contribution is 2.15. The summed E-state index contributed by atoms with van der Waals surface area (Å²) >= 11 is 0. The molecule has 0 radical (unpaired) electrons. The molecule has 1 aromatic carbocycles. The van der Waals surface area contributed by atoms with Gasteiger partial charge < -0.3 is 10.8 Å². The van der Waals surface area contributed by atoms with Gasteiger partial charge in [0.15, 0.2) is 0 Å². The van der Waals surface area contributed by atoms with Gasteiger partial charge >= 0.3 is 0 Å². The molecular weight excluding hydrogens is 145 g/mol. The second kappa shape index (κ2) is 3.34. The molecule has 0 atom stereocenters. The molecular formula is C8H10FNO. The molecule has 1 aromatic rings. The first-order valence-corrected chi connectivity index (χ1v) is 3.39. The van der Waals surface area contributed by atoms with Crippen molar-refractivity contribution in [1.82, 2.24) is 0 Å². The van der Waals surface area contributed by atoms with Crippen LogP contribution >= 0.6 is 0 Å². The van der Waals surface area contributed by atoms with Gasteiger partial charge in [-0.15, -0.1) is 0 Å². The summed E-state index contributed by atoms with van der Waals surface area (Å²) in [5, 5.41) is 8.55. The molecule has 0 heterocycles. The van der Waals surface area contributed by atoms with Gasteiger partial charge in [-0.2, -0.15) is 0 Å². The average molecular weight is 155 g/mol. The Morgan fingerprint density at radius 2 is 2.18 bits per heavy atom. The van der Waals surface area contributed by atoms with E-state index in [2.05, 4.69) is 0 Å². The van der Waals surface area contributed by atoms with Crippen LogP contribution in [0, 0.1) is 5.82 Å². The van der Waals surface area contributed by atoms with Crippen molar-refractivity contribution in [2.24, 2.45) is 0 Å². The SMILES string of the molecule is Nc1cccc(F)c1CCO. The lowest BCUT2D eigenvalue weighted by molar-refractivity contribution is 0.298. The molecule has 0 spiro atoms. The predicted octanol–water partition coefficient (Wildman–Crippen LogP) is 0.943. The van der Waals surface area contributed by atoms with Gasteiger partial charge in [0.25, 0.3) is 0 Å². The van der Waals surface area contributed by atoms with Crippen LogP contribution in [0.1, 0.15) is 5.56 Å². The van der Waals surface area contributed by atoms with Crippen LogP contribution in [0.15, 0.2) is 18.2 Å². The minimum atomic E-state index is -0.348. The van der Waals surface area contributed by atoms with Gasteiger partial charge in [0.2, 0.25) is 0 Å². The van der Waals surface area contributed by atoms with Crippen molar-refractivity contribution in [3.8, 4) is 0 Å². The summed E-state index contributed by atoms with van der Waals surface area (Å²) in [5.74, 6) is -0.348. The molecule has 0 aliphatic rings. The Balaban J connectivity index is 3.00. The van der Waals surface area contributed by atoms with Crippen molar-refractivity contribution in [1.29, 1.82) is 0 Å². The smallest absolute Gasteiger partial charge is 0.128 e. The maximum Gasteiger partial charge on any atom is 0.128 e. The number of hydrogen-bond acceptors (Lipinski definition) is 2. The van der Waals surface area contributed by atoms with Crippen LogP contribution in [0.2, 0.25) is 0 Å². The number of anilines is 1. The molecule has 3 N–H and O–H groups in total. The highest BCUT2D eigenvalue weighted by atomic mass is 19.1. The van der Waals surface area contributed by atoms with Gasteiger partial charge in [-0.25, -0.2) is 4.39 Å². The van der Waals surface area contributed by atoms with Crippen LogP contribution in [0.5, 0.6) is 0 Å². The number of aliphatic hydroxyl groups excluding tert-OH is 1. The van der Waals surface area contributed by atoms with Crippen LogP contribution in [-0.4, -0.2) is 11.7 Å². The van der Waals surface area contributed by atoms with Crippen LogP contribution in [0.3, 0.4) is 0 Å². The summed E-state index contributed by atoms with van der Waals surface area (Å²) < 4.78 is 12.8. The van der Waals surface area contributed by atoms with Gasteiger partial charge in [0, 0.05) is 24.3 Å². The molecule has 2 nitrogen and oxygen atoms in total. The van der Waals surface area contributed by atoms with Crippen molar-refractivity contribution >= 4 is 5.69 Å². The van der Waals surface area contributed by atoms with Gasteiger partial charge in [-0.1, -0.05) is 6.07 Å². The first-order valence-electron chi connectivity index (χ1n) is 3.39. The van der Waals surface area contributed by atoms with E-state index in [0.29, 0.717) is 11.3 Å². The number of halogens is 1. The predicted molar refractivity (Wildman–Crippen MR) is 41.6 cm³/mol. The fourth-order valence-corrected chi connectivity index (χ4v) is 0.951. The highest BCUT2D eigenvalue weighted by Gasteiger charge is 2.03. The zero-order valence-corrected chi connectivity index (χ0v) is 6.05. The van der Waals surface area contributed by atoms with Crippen molar-refractivity contribution in [3.63, 3.8) is 0 Å². The number of benzene rings is 1. The van der Waals surface area contributed by atoms with E-state index in [1.807, 2.05) is 0 Å². The monoisotopic (exact) mass is 155 g/mol. The number of nitrogens with two attached hydrogens (primary N) is 1. The number of rotatable bonds is 2. The zero-order valence-electron chi connectivity index (χ0n) is 6.05. The summed E-state index contributed by atoms with van der Waals surface area (Å²) in [7, 11) is 0. The Hall–Kier alpha value is -1.09. The number of hydrogen-bond donors (Lipinski definition) is 2. The summed E-state index contributed by atoms with van der Waals surface area (Å²) in [6, 6.07) is 4.50. The molecule has 1 rings (SSSR count). The maximum atomic E-state index is 12.8. The van der Waals surface area contributed by atoms with E-state index >= 15 is 0 Å². The lowest BCUT2D eigenvalue weighted by Gasteiger charge is -2.03. The Morgan fingerprint density at radius 3 is 2.73 bits per heavy atom. The molecule has 0 fully saturated rings. The second-order valence-electron chi connectivity index (χ2n) is 2.28. The van der Waals surface area contributed by atoms with Crippen molar-refractivity contribution < 1.29 is 9.50 Å². The Labute approximate surface area is 64.5 Å². The van der Waals surface area contributed by atoms with E-state index < -0.39 is 0 Å².